The predicted octanol–water partition coefficient (Wildman–Crippen LogP) is 5.84. The first-order valence-corrected chi connectivity index (χ1v) is 9.16. The van der Waals surface area contributed by atoms with E-state index in [1.54, 1.807) is 0 Å². The molecule has 0 radical (unpaired) electrons. The summed E-state index contributed by atoms with van der Waals surface area (Å²) in [5.74, 6) is -0.865. The fourth-order valence-electron chi connectivity index (χ4n) is 1.61. The number of rotatable bonds is 4. The zero-order chi connectivity index (χ0) is 14.9. The Bertz CT molecular complexity index is 511. The third-order valence-corrected chi connectivity index (χ3v) is 8.95. The zero-order valence-corrected chi connectivity index (χ0v) is 17.9. The minimum atomic E-state index is -0.618. The maximum absolute atomic E-state index is 11.6. The van der Waals surface area contributed by atoms with Gasteiger partial charge in [-0.15, -0.1) is 0 Å². The highest BCUT2D eigenvalue weighted by molar-refractivity contribution is 9.15. The summed E-state index contributed by atoms with van der Waals surface area (Å²) in [5, 5.41) is 0. The summed E-state index contributed by atoms with van der Waals surface area (Å²) in [4.78, 5) is 23.1. The first-order chi connectivity index (χ1) is 8.68. The Labute approximate surface area is 153 Å². The minimum absolute atomic E-state index is 0.124. The van der Waals surface area contributed by atoms with E-state index in [-0.39, 0.29) is 11.6 Å². The van der Waals surface area contributed by atoms with Crippen molar-refractivity contribution in [2.75, 3.05) is 0 Å². The second kappa shape index (κ2) is 7.29. The second-order valence-electron chi connectivity index (χ2n) is 4.03. The van der Waals surface area contributed by atoms with E-state index in [2.05, 4.69) is 79.6 Å². The molecule has 0 saturated heterocycles. The molecule has 1 aromatic rings. The van der Waals surface area contributed by atoms with Gasteiger partial charge in [-0.05, 0) is 105 Å². The highest BCUT2D eigenvalue weighted by Gasteiger charge is 2.25. The van der Waals surface area contributed by atoms with Gasteiger partial charge in [0.15, 0.2) is 0 Å². The molecule has 0 spiro atoms. The Morgan fingerprint density at radius 1 is 0.789 bits per heavy atom. The molecule has 1 rings (SSSR count). The summed E-state index contributed by atoms with van der Waals surface area (Å²) in [6, 6.07) is 0. The number of ketones is 2. The van der Waals surface area contributed by atoms with E-state index >= 15 is 0 Å². The molecule has 19 heavy (non-hydrogen) atoms. The van der Waals surface area contributed by atoms with Gasteiger partial charge in [-0.3, -0.25) is 9.59 Å². The number of carbonyl (C=O) groups excluding carboxylic acids is 2. The number of carbonyl (C=O) groups is 2. The van der Waals surface area contributed by atoms with Crippen LogP contribution in [0.1, 0.15) is 19.4 Å². The fourth-order valence-corrected chi connectivity index (χ4v) is 5.06. The first kappa shape index (κ1) is 18.0. The van der Waals surface area contributed by atoms with Gasteiger partial charge >= 0.3 is 0 Å². The van der Waals surface area contributed by atoms with E-state index in [4.69, 9.17) is 0 Å². The molecule has 1 aromatic carbocycles. The summed E-state index contributed by atoms with van der Waals surface area (Å²) in [6.07, 6.45) is 0.357. The van der Waals surface area contributed by atoms with Crippen LogP contribution in [0.4, 0.5) is 0 Å². The molecule has 0 N–H and O–H groups in total. The van der Waals surface area contributed by atoms with Crippen molar-refractivity contribution >= 4 is 91.2 Å². The van der Waals surface area contributed by atoms with Crippen molar-refractivity contribution in [1.29, 1.82) is 0 Å². The van der Waals surface area contributed by atoms with Gasteiger partial charge < -0.3 is 0 Å². The molecule has 104 valence electrons. The van der Waals surface area contributed by atoms with Crippen molar-refractivity contribution in [3.8, 4) is 0 Å². The Morgan fingerprint density at radius 3 is 1.42 bits per heavy atom. The summed E-state index contributed by atoms with van der Waals surface area (Å²) < 4.78 is 4.17. The highest BCUT2D eigenvalue weighted by atomic mass is 79.9. The molecule has 0 amide bonds. The van der Waals surface area contributed by atoms with Gasteiger partial charge in [0.1, 0.15) is 11.6 Å². The Balaban J connectivity index is 3.36. The Hall–Kier alpha value is 0.960. The van der Waals surface area contributed by atoms with Crippen molar-refractivity contribution in [3.63, 3.8) is 0 Å². The van der Waals surface area contributed by atoms with Gasteiger partial charge in [0.2, 0.25) is 0 Å². The second-order valence-corrected chi connectivity index (χ2v) is 7.99. The van der Waals surface area contributed by atoms with Crippen LogP contribution in [0.2, 0.25) is 0 Å². The van der Waals surface area contributed by atoms with Crippen molar-refractivity contribution in [2.24, 2.45) is 5.92 Å². The molecular weight excluding hydrogens is 576 g/mol. The van der Waals surface area contributed by atoms with Crippen molar-refractivity contribution in [3.05, 3.63) is 27.9 Å². The Kier molecular flexibility index (Phi) is 6.91. The average Bonchev–Trinajstić information content (AvgIpc) is 2.33. The van der Waals surface area contributed by atoms with Crippen LogP contribution in [0.5, 0.6) is 0 Å². The first-order valence-electron chi connectivity index (χ1n) is 5.19. The number of benzene rings is 1. The molecule has 2 nitrogen and oxygen atoms in total. The number of hydrogen-bond acceptors (Lipinski definition) is 2. The number of hydrogen-bond donors (Lipinski definition) is 0. The SMILES string of the molecule is CC(=O)C(Cc1c(Br)c(Br)c(Br)c(Br)c1Br)C(C)=O. The van der Waals surface area contributed by atoms with Gasteiger partial charge in [0.25, 0.3) is 0 Å². The predicted molar refractivity (Wildman–Crippen MR) is 93.5 cm³/mol. The molecule has 0 heterocycles. The van der Waals surface area contributed by atoms with Gasteiger partial charge in [0, 0.05) is 22.4 Å². The standard InChI is InChI=1S/C12H9Br5O2/c1-4(18)6(5(2)19)3-7-8(13)10(15)12(17)11(16)9(7)14/h6H,3H2,1-2H3. The van der Waals surface area contributed by atoms with Crippen LogP contribution in [0.15, 0.2) is 22.4 Å². The molecule has 0 aromatic heterocycles. The summed E-state index contributed by atoms with van der Waals surface area (Å²) in [5.41, 5.74) is 0.873. The lowest BCUT2D eigenvalue weighted by Gasteiger charge is -2.17. The molecule has 0 fully saturated rings. The molecule has 7 heteroatoms. The van der Waals surface area contributed by atoms with Crippen LogP contribution >= 0.6 is 79.6 Å². The largest absolute Gasteiger partial charge is 0.299 e. The van der Waals surface area contributed by atoms with Crippen molar-refractivity contribution in [2.45, 2.75) is 20.3 Å². The van der Waals surface area contributed by atoms with Crippen LogP contribution in [0.3, 0.4) is 0 Å². The van der Waals surface area contributed by atoms with Crippen LogP contribution in [-0.2, 0) is 16.0 Å². The quantitative estimate of drug-likeness (QED) is 0.253. The molecule has 0 aliphatic rings. The van der Waals surface area contributed by atoms with E-state index < -0.39 is 5.92 Å². The third kappa shape index (κ3) is 3.99. The topological polar surface area (TPSA) is 34.1 Å². The van der Waals surface area contributed by atoms with Crippen molar-refractivity contribution < 1.29 is 9.59 Å². The maximum Gasteiger partial charge on any atom is 0.140 e. The monoisotopic (exact) mass is 580 g/mol. The van der Waals surface area contributed by atoms with Gasteiger partial charge in [-0.1, -0.05) is 0 Å². The average molecular weight is 585 g/mol. The smallest absolute Gasteiger partial charge is 0.140 e. The van der Waals surface area contributed by atoms with Crippen molar-refractivity contribution in [1.82, 2.24) is 0 Å². The lowest BCUT2D eigenvalue weighted by Crippen LogP contribution is -2.22. The van der Waals surface area contributed by atoms with Crippen LogP contribution in [0.25, 0.3) is 0 Å². The van der Waals surface area contributed by atoms with E-state index in [9.17, 15) is 9.59 Å². The fraction of sp³-hybridized carbons (Fsp3) is 0.333. The molecule has 0 unspecified atom stereocenters. The molecule has 0 bridgehead atoms. The third-order valence-electron chi connectivity index (χ3n) is 2.69. The van der Waals surface area contributed by atoms with Crippen LogP contribution in [-0.4, -0.2) is 11.6 Å². The van der Waals surface area contributed by atoms with E-state index in [0.717, 1.165) is 27.9 Å². The van der Waals surface area contributed by atoms with E-state index in [1.165, 1.54) is 13.8 Å². The molecule has 0 aliphatic heterocycles. The summed E-state index contributed by atoms with van der Waals surface area (Å²) in [6.45, 7) is 2.88. The Morgan fingerprint density at radius 2 is 1.11 bits per heavy atom. The highest BCUT2D eigenvalue weighted by Crippen LogP contribution is 2.45. The number of Topliss-reactive ketones (excluding diaryl/α,β-unsaturated/α-hetero) is 2. The maximum atomic E-state index is 11.6. The lowest BCUT2D eigenvalue weighted by atomic mass is 9.93. The lowest BCUT2D eigenvalue weighted by molar-refractivity contribution is -0.130. The molecule has 0 aliphatic carbocycles. The normalized spacial score (nSPS) is 10.9. The van der Waals surface area contributed by atoms with Crippen LogP contribution < -0.4 is 0 Å². The molecule has 0 saturated carbocycles. The van der Waals surface area contributed by atoms with Gasteiger partial charge in [-0.25, -0.2) is 0 Å². The number of halogens is 5. The summed E-state index contributed by atoms with van der Waals surface area (Å²) >= 11 is 17.4. The zero-order valence-electron chi connectivity index (χ0n) is 9.99. The van der Waals surface area contributed by atoms with Gasteiger partial charge in [-0.2, -0.15) is 0 Å². The molecular formula is C12H9Br5O2. The molecule has 0 atom stereocenters. The van der Waals surface area contributed by atoms with Gasteiger partial charge in [0.05, 0.1) is 5.92 Å². The van der Waals surface area contributed by atoms with Crippen LogP contribution in [0, 0.1) is 5.92 Å². The van der Waals surface area contributed by atoms with E-state index in [0.29, 0.717) is 6.42 Å². The summed E-state index contributed by atoms with van der Waals surface area (Å²) in [7, 11) is 0. The minimum Gasteiger partial charge on any atom is -0.299 e. The van der Waals surface area contributed by atoms with E-state index in [1.807, 2.05) is 0 Å².